The molecule has 2 N–H and O–H groups in total. The Morgan fingerprint density at radius 2 is 1.75 bits per heavy atom. The van der Waals surface area contributed by atoms with Crippen molar-refractivity contribution in [3.8, 4) is 11.5 Å². The summed E-state index contributed by atoms with van der Waals surface area (Å²) in [5, 5.41) is 0. The Labute approximate surface area is 121 Å². The highest BCUT2D eigenvalue weighted by Crippen LogP contribution is 2.33. The molecule has 0 atom stereocenters. The molecule has 2 aromatic carbocycles. The van der Waals surface area contributed by atoms with Crippen molar-refractivity contribution < 1.29 is 4.74 Å². The zero-order chi connectivity index (χ0) is 14.7. The summed E-state index contributed by atoms with van der Waals surface area (Å²) in [7, 11) is 0. The zero-order valence-electron chi connectivity index (χ0n) is 12.7. The molecule has 0 spiro atoms. The van der Waals surface area contributed by atoms with E-state index in [1.807, 2.05) is 12.1 Å². The average Bonchev–Trinajstić information content (AvgIpc) is 2.40. The van der Waals surface area contributed by atoms with Crippen LogP contribution in [-0.4, -0.2) is 0 Å². The minimum absolute atomic E-state index is 0.439. The molecule has 0 aliphatic rings. The second-order valence-corrected chi connectivity index (χ2v) is 5.60. The minimum atomic E-state index is 0.439. The van der Waals surface area contributed by atoms with Crippen LogP contribution in [0.4, 0.5) is 0 Å². The van der Waals surface area contributed by atoms with E-state index >= 15 is 0 Å². The molecule has 0 heterocycles. The van der Waals surface area contributed by atoms with Gasteiger partial charge in [-0.1, -0.05) is 38.1 Å². The van der Waals surface area contributed by atoms with Crippen LogP contribution in [0, 0.1) is 13.8 Å². The van der Waals surface area contributed by atoms with Gasteiger partial charge in [0.1, 0.15) is 11.5 Å². The van der Waals surface area contributed by atoms with Gasteiger partial charge in [0.2, 0.25) is 0 Å². The van der Waals surface area contributed by atoms with Crippen molar-refractivity contribution in [3.05, 3.63) is 58.7 Å². The number of nitrogens with two attached hydrogens (primary N) is 1. The molecular weight excluding hydrogens is 246 g/mol. The van der Waals surface area contributed by atoms with Crippen molar-refractivity contribution in [2.75, 3.05) is 0 Å². The minimum Gasteiger partial charge on any atom is -0.457 e. The third-order valence-corrected chi connectivity index (χ3v) is 3.49. The van der Waals surface area contributed by atoms with Gasteiger partial charge in [-0.05, 0) is 54.2 Å². The molecule has 0 fully saturated rings. The zero-order valence-corrected chi connectivity index (χ0v) is 12.7. The molecule has 0 amide bonds. The van der Waals surface area contributed by atoms with Gasteiger partial charge >= 0.3 is 0 Å². The van der Waals surface area contributed by atoms with Crippen LogP contribution in [0.1, 0.15) is 42.0 Å². The van der Waals surface area contributed by atoms with Crippen LogP contribution in [0.3, 0.4) is 0 Å². The lowest BCUT2D eigenvalue weighted by Gasteiger charge is -2.16. The molecule has 0 aromatic heterocycles. The van der Waals surface area contributed by atoms with E-state index in [0.29, 0.717) is 12.5 Å². The maximum atomic E-state index is 6.14. The van der Waals surface area contributed by atoms with Crippen molar-refractivity contribution >= 4 is 0 Å². The van der Waals surface area contributed by atoms with Crippen molar-refractivity contribution in [2.45, 2.75) is 40.2 Å². The van der Waals surface area contributed by atoms with E-state index in [0.717, 1.165) is 22.6 Å². The molecule has 2 rings (SSSR count). The van der Waals surface area contributed by atoms with Gasteiger partial charge in [0.25, 0.3) is 0 Å². The summed E-state index contributed by atoms with van der Waals surface area (Å²) in [5.74, 6) is 2.28. The maximum Gasteiger partial charge on any atom is 0.131 e. The Balaban J connectivity index is 2.36. The molecule has 20 heavy (non-hydrogen) atoms. The molecule has 0 radical (unpaired) electrons. The summed E-state index contributed by atoms with van der Waals surface area (Å²) in [6.45, 7) is 9.06. The lowest BCUT2D eigenvalue weighted by molar-refractivity contribution is 0.469. The van der Waals surface area contributed by atoms with Crippen LogP contribution in [0.25, 0.3) is 0 Å². The third kappa shape index (κ3) is 3.20. The first-order chi connectivity index (χ1) is 9.51. The van der Waals surface area contributed by atoms with Gasteiger partial charge in [-0.3, -0.25) is 0 Å². The molecule has 0 saturated carbocycles. The monoisotopic (exact) mass is 269 g/mol. The van der Waals surface area contributed by atoms with Crippen LogP contribution >= 0.6 is 0 Å². The van der Waals surface area contributed by atoms with E-state index in [-0.39, 0.29) is 0 Å². The fraction of sp³-hybridized carbons (Fsp3) is 0.333. The Hall–Kier alpha value is -1.80. The fourth-order valence-corrected chi connectivity index (χ4v) is 2.28. The van der Waals surface area contributed by atoms with Crippen molar-refractivity contribution in [1.29, 1.82) is 0 Å². The maximum absolute atomic E-state index is 6.14. The van der Waals surface area contributed by atoms with Gasteiger partial charge in [0, 0.05) is 6.54 Å². The Morgan fingerprint density at radius 3 is 2.35 bits per heavy atom. The van der Waals surface area contributed by atoms with Crippen LogP contribution in [0.2, 0.25) is 0 Å². The molecular formula is C18H23NO. The van der Waals surface area contributed by atoms with Gasteiger partial charge in [0.05, 0.1) is 0 Å². The van der Waals surface area contributed by atoms with Crippen LogP contribution in [0.15, 0.2) is 36.4 Å². The molecule has 0 bridgehead atoms. The van der Waals surface area contributed by atoms with E-state index < -0.39 is 0 Å². The normalized spacial score (nSPS) is 10.9. The van der Waals surface area contributed by atoms with Crippen molar-refractivity contribution in [3.63, 3.8) is 0 Å². The number of rotatable bonds is 4. The number of benzene rings is 2. The van der Waals surface area contributed by atoms with Crippen LogP contribution in [-0.2, 0) is 6.54 Å². The highest BCUT2D eigenvalue weighted by atomic mass is 16.5. The first-order valence-electron chi connectivity index (χ1n) is 7.09. The SMILES string of the molecule is Cc1ccc(C(C)C)c(Oc2ccc(CN)cc2C)c1. The molecule has 0 saturated heterocycles. The Morgan fingerprint density at radius 1 is 1.00 bits per heavy atom. The summed E-state index contributed by atoms with van der Waals surface area (Å²) in [6, 6.07) is 12.5. The van der Waals surface area contributed by atoms with E-state index in [1.165, 1.54) is 11.1 Å². The number of hydrogen-bond donors (Lipinski definition) is 1. The largest absolute Gasteiger partial charge is 0.457 e. The summed E-state index contributed by atoms with van der Waals surface area (Å²) in [6.07, 6.45) is 0. The fourth-order valence-electron chi connectivity index (χ4n) is 2.28. The van der Waals surface area contributed by atoms with Gasteiger partial charge in [-0.25, -0.2) is 0 Å². The molecule has 2 nitrogen and oxygen atoms in total. The molecule has 0 aliphatic carbocycles. The van der Waals surface area contributed by atoms with Crippen LogP contribution in [0.5, 0.6) is 11.5 Å². The van der Waals surface area contributed by atoms with Crippen LogP contribution < -0.4 is 10.5 Å². The average molecular weight is 269 g/mol. The predicted octanol–water partition coefficient (Wildman–Crippen LogP) is 4.68. The topological polar surface area (TPSA) is 35.2 Å². The quantitative estimate of drug-likeness (QED) is 0.874. The van der Waals surface area contributed by atoms with Gasteiger partial charge in [-0.2, -0.15) is 0 Å². The second kappa shape index (κ2) is 6.10. The first-order valence-corrected chi connectivity index (χ1v) is 7.09. The number of ether oxygens (including phenoxy) is 1. The standard InChI is InChI=1S/C18H23NO/c1-12(2)16-7-5-13(3)9-18(16)20-17-8-6-15(11-19)10-14(17)4/h5-10,12H,11,19H2,1-4H3. The van der Waals surface area contributed by atoms with E-state index in [2.05, 4.69) is 52.0 Å². The number of aryl methyl sites for hydroxylation is 2. The number of hydrogen-bond acceptors (Lipinski definition) is 2. The smallest absolute Gasteiger partial charge is 0.131 e. The molecule has 106 valence electrons. The lowest BCUT2D eigenvalue weighted by atomic mass is 10.0. The van der Waals surface area contributed by atoms with Crippen molar-refractivity contribution in [1.82, 2.24) is 0 Å². The summed E-state index contributed by atoms with van der Waals surface area (Å²) in [4.78, 5) is 0. The molecule has 0 unspecified atom stereocenters. The summed E-state index contributed by atoms with van der Waals surface area (Å²) < 4.78 is 6.14. The first kappa shape index (κ1) is 14.6. The Kier molecular flexibility index (Phi) is 4.46. The van der Waals surface area contributed by atoms with Gasteiger partial charge in [0.15, 0.2) is 0 Å². The van der Waals surface area contributed by atoms with Crippen molar-refractivity contribution in [2.24, 2.45) is 5.73 Å². The Bertz CT molecular complexity index is 602. The highest BCUT2D eigenvalue weighted by molar-refractivity contribution is 5.45. The second-order valence-electron chi connectivity index (χ2n) is 5.60. The van der Waals surface area contributed by atoms with E-state index in [9.17, 15) is 0 Å². The molecule has 2 heteroatoms. The molecule has 0 aliphatic heterocycles. The summed E-state index contributed by atoms with van der Waals surface area (Å²) in [5.41, 5.74) is 10.4. The summed E-state index contributed by atoms with van der Waals surface area (Å²) >= 11 is 0. The van der Waals surface area contributed by atoms with Gasteiger partial charge in [-0.15, -0.1) is 0 Å². The highest BCUT2D eigenvalue weighted by Gasteiger charge is 2.10. The lowest BCUT2D eigenvalue weighted by Crippen LogP contribution is -1.99. The van der Waals surface area contributed by atoms with E-state index in [1.54, 1.807) is 0 Å². The third-order valence-electron chi connectivity index (χ3n) is 3.49. The molecule has 2 aromatic rings. The predicted molar refractivity (Wildman–Crippen MR) is 84.4 cm³/mol. The van der Waals surface area contributed by atoms with Gasteiger partial charge < -0.3 is 10.5 Å². The van der Waals surface area contributed by atoms with E-state index in [4.69, 9.17) is 10.5 Å².